The third kappa shape index (κ3) is 3.86. The Kier molecular flexibility index (Phi) is 5.54. The van der Waals surface area contributed by atoms with Crippen LogP contribution < -0.4 is 4.90 Å². The number of carboxylic acid groups (broad SMARTS) is 1. The molecule has 2 aromatic carbocycles. The third-order valence-corrected chi connectivity index (χ3v) is 6.68. The highest BCUT2D eigenvalue weighted by Gasteiger charge is 2.35. The molecule has 0 aromatic heterocycles. The van der Waals surface area contributed by atoms with Crippen molar-refractivity contribution in [3.63, 3.8) is 0 Å². The van der Waals surface area contributed by atoms with Crippen LogP contribution in [0.2, 0.25) is 5.02 Å². The van der Waals surface area contributed by atoms with E-state index in [9.17, 15) is 9.18 Å². The molecule has 1 aliphatic carbocycles. The molecule has 0 radical (unpaired) electrons. The Morgan fingerprint density at radius 1 is 1.31 bits per heavy atom. The maximum Gasteiger partial charge on any atom is 0.309 e. The lowest BCUT2D eigenvalue weighted by atomic mass is 9.96. The van der Waals surface area contributed by atoms with Gasteiger partial charge < -0.3 is 10.0 Å². The van der Waals surface area contributed by atoms with Crippen LogP contribution in [0.25, 0.3) is 0 Å². The Morgan fingerprint density at radius 3 is 2.72 bits per heavy atom. The highest BCUT2D eigenvalue weighted by molar-refractivity contribution is 6.31. The number of nitrogens with zero attached hydrogens (tertiary/aromatic N) is 2. The number of benzene rings is 2. The minimum Gasteiger partial charge on any atom is -0.481 e. The fraction of sp³-hybridized carbons (Fsp3) is 0.435. The summed E-state index contributed by atoms with van der Waals surface area (Å²) >= 11 is 6.20. The van der Waals surface area contributed by atoms with Crippen LogP contribution in [0.15, 0.2) is 30.3 Å². The van der Waals surface area contributed by atoms with Crippen molar-refractivity contribution in [2.24, 2.45) is 5.92 Å². The summed E-state index contributed by atoms with van der Waals surface area (Å²) in [6.07, 6.45) is 1.86. The molecule has 1 aliphatic heterocycles. The standard InChI is InChI=1S/C23H26ClFN2O2/c1-3-27(18-4-6-21(24)14(2)8-18)22-7-5-19-15(9-17(25)10-20(19)22)11-26-12-16(13-26)23(28)29/h4,6,8-10,16,22H,3,5,7,11-13H2,1-2H3,(H,28,29). The molecule has 1 N–H and O–H groups in total. The monoisotopic (exact) mass is 416 g/mol. The number of aliphatic carboxylic acids is 1. The number of aryl methyl sites for hydroxylation is 1. The van der Waals surface area contributed by atoms with Gasteiger partial charge in [0.15, 0.2) is 0 Å². The van der Waals surface area contributed by atoms with Gasteiger partial charge in [0.2, 0.25) is 0 Å². The van der Waals surface area contributed by atoms with Gasteiger partial charge in [-0.25, -0.2) is 4.39 Å². The molecule has 1 atom stereocenters. The van der Waals surface area contributed by atoms with Gasteiger partial charge in [0.25, 0.3) is 0 Å². The highest BCUT2D eigenvalue weighted by Crippen LogP contribution is 2.41. The van der Waals surface area contributed by atoms with E-state index in [1.807, 2.05) is 19.1 Å². The highest BCUT2D eigenvalue weighted by atomic mass is 35.5. The topological polar surface area (TPSA) is 43.8 Å². The van der Waals surface area contributed by atoms with E-state index < -0.39 is 5.97 Å². The Bertz CT molecular complexity index is 943. The molecule has 0 saturated carbocycles. The van der Waals surface area contributed by atoms with Gasteiger partial charge in [-0.1, -0.05) is 11.6 Å². The number of hydrogen-bond acceptors (Lipinski definition) is 3. The number of carboxylic acids is 1. The lowest BCUT2D eigenvalue weighted by Gasteiger charge is -2.37. The van der Waals surface area contributed by atoms with Crippen molar-refractivity contribution in [3.05, 3.63) is 63.4 Å². The summed E-state index contributed by atoms with van der Waals surface area (Å²) < 4.78 is 14.5. The molecular formula is C23H26ClFN2O2. The Morgan fingerprint density at radius 2 is 2.07 bits per heavy atom. The number of halogens is 2. The van der Waals surface area contributed by atoms with E-state index in [2.05, 4.69) is 22.8 Å². The second-order valence-electron chi connectivity index (χ2n) is 8.14. The Hall–Kier alpha value is -2.11. The van der Waals surface area contributed by atoms with Crippen LogP contribution >= 0.6 is 11.6 Å². The van der Waals surface area contributed by atoms with E-state index in [-0.39, 0.29) is 17.8 Å². The summed E-state index contributed by atoms with van der Waals surface area (Å²) in [4.78, 5) is 15.5. The number of anilines is 1. The van der Waals surface area contributed by atoms with Crippen LogP contribution in [-0.2, 0) is 17.8 Å². The molecular weight excluding hydrogens is 391 g/mol. The number of carbonyl (C=O) groups is 1. The molecule has 2 aromatic rings. The molecule has 154 valence electrons. The van der Waals surface area contributed by atoms with Crippen LogP contribution in [-0.4, -0.2) is 35.6 Å². The number of likely N-dealkylation sites (tertiary alicyclic amines) is 1. The minimum absolute atomic E-state index is 0.133. The van der Waals surface area contributed by atoms with Gasteiger partial charge in [0.05, 0.1) is 12.0 Å². The first-order chi connectivity index (χ1) is 13.9. The van der Waals surface area contributed by atoms with Gasteiger partial charge >= 0.3 is 5.97 Å². The van der Waals surface area contributed by atoms with Gasteiger partial charge in [-0.15, -0.1) is 0 Å². The largest absolute Gasteiger partial charge is 0.481 e. The smallest absolute Gasteiger partial charge is 0.309 e. The van der Waals surface area contributed by atoms with E-state index in [4.69, 9.17) is 16.7 Å². The third-order valence-electron chi connectivity index (χ3n) is 6.26. The van der Waals surface area contributed by atoms with Crippen molar-refractivity contribution >= 4 is 23.3 Å². The maximum atomic E-state index is 14.5. The van der Waals surface area contributed by atoms with Crippen molar-refractivity contribution in [2.45, 2.75) is 39.3 Å². The second kappa shape index (κ2) is 7.96. The first-order valence-electron chi connectivity index (χ1n) is 10.2. The van der Waals surface area contributed by atoms with Crippen molar-refractivity contribution in [2.75, 3.05) is 24.5 Å². The lowest BCUT2D eigenvalue weighted by molar-refractivity contribution is -0.147. The first kappa shape index (κ1) is 20.2. The predicted molar refractivity (Wildman–Crippen MR) is 113 cm³/mol. The predicted octanol–water partition coefficient (Wildman–Crippen LogP) is 4.82. The quantitative estimate of drug-likeness (QED) is 0.733. The van der Waals surface area contributed by atoms with E-state index in [0.717, 1.165) is 46.8 Å². The molecule has 0 bridgehead atoms. The molecule has 1 heterocycles. The van der Waals surface area contributed by atoms with Crippen molar-refractivity contribution < 1.29 is 14.3 Å². The zero-order valence-corrected chi connectivity index (χ0v) is 17.5. The molecule has 4 rings (SSSR count). The zero-order chi connectivity index (χ0) is 20.7. The Labute approximate surface area is 175 Å². The lowest BCUT2D eigenvalue weighted by Crippen LogP contribution is -2.49. The van der Waals surface area contributed by atoms with Gasteiger partial charge in [-0.2, -0.15) is 0 Å². The molecule has 2 aliphatic rings. The summed E-state index contributed by atoms with van der Waals surface area (Å²) in [5.41, 5.74) is 5.41. The summed E-state index contributed by atoms with van der Waals surface area (Å²) in [5.74, 6) is -1.26. The summed E-state index contributed by atoms with van der Waals surface area (Å²) in [7, 11) is 0. The van der Waals surface area contributed by atoms with Crippen molar-refractivity contribution in [3.8, 4) is 0 Å². The van der Waals surface area contributed by atoms with Crippen LogP contribution in [0.3, 0.4) is 0 Å². The molecule has 4 nitrogen and oxygen atoms in total. The molecule has 6 heteroatoms. The normalized spacial score (nSPS) is 19.1. The number of fused-ring (bicyclic) bond motifs is 1. The Balaban J connectivity index is 1.60. The summed E-state index contributed by atoms with van der Waals surface area (Å²) in [6.45, 7) is 6.63. The zero-order valence-electron chi connectivity index (χ0n) is 16.8. The summed E-state index contributed by atoms with van der Waals surface area (Å²) in [5, 5.41) is 9.83. The SMILES string of the molecule is CCN(c1ccc(Cl)c(C)c1)C1CCc2c(CN3CC(C(=O)O)C3)cc(F)cc21. The van der Waals surface area contributed by atoms with E-state index in [0.29, 0.717) is 19.6 Å². The van der Waals surface area contributed by atoms with Gasteiger partial charge in [0.1, 0.15) is 5.82 Å². The first-order valence-corrected chi connectivity index (χ1v) is 10.5. The number of hydrogen-bond donors (Lipinski definition) is 1. The van der Waals surface area contributed by atoms with E-state index in [1.54, 1.807) is 12.1 Å². The molecule has 1 unspecified atom stereocenters. The van der Waals surface area contributed by atoms with Crippen LogP contribution in [0.5, 0.6) is 0 Å². The van der Waals surface area contributed by atoms with Crippen molar-refractivity contribution in [1.29, 1.82) is 0 Å². The molecule has 0 spiro atoms. The van der Waals surface area contributed by atoms with Crippen LogP contribution in [0.4, 0.5) is 10.1 Å². The maximum absolute atomic E-state index is 14.5. The van der Waals surface area contributed by atoms with E-state index in [1.165, 1.54) is 5.56 Å². The fourth-order valence-corrected chi connectivity index (χ4v) is 4.82. The number of rotatable bonds is 6. The molecule has 29 heavy (non-hydrogen) atoms. The van der Waals surface area contributed by atoms with Gasteiger partial charge in [-0.05, 0) is 79.3 Å². The average molecular weight is 417 g/mol. The van der Waals surface area contributed by atoms with Gasteiger partial charge in [0, 0.05) is 36.9 Å². The molecule has 1 fully saturated rings. The second-order valence-corrected chi connectivity index (χ2v) is 8.54. The van der Waals surface area contributed by atoms with E-state index >= 15 is 0 Å². The van der Waals surface area contributed by atoms with Crippen molar-refractivity contribution in [1.82, 2.24) is 4.90 Å². The van der Waals surface area contributed by atoms with Crippen LogP contribution in [0, 0.1) is 18.7 Å². The average Bonchev–Trinajstić information content (AvgIpc) is 3.04. The summed E-state index contributed by atoms with van der Waals surface area (Å²) in [6, 6.07) is 9.48. The van der Waals surface area contributed by atoms with Gasteiger partial charge in [-0.3, -0.25) is 9.69 Å². The fourth-order valence-electron chi connectivity index (χ4n) is 4.71. The molecule has 1 saturated heterocycles. The minimum atomic E-state index is -0.748. The van der Waals surface area contributed by atoms with Crippen LogP contribution in [0.1, 0.15) is 41.6 Å². The molecule has 0 amide bonds.